The van der Waals surface area contributed by atoms with Crippen molar-refractivity contribution in [1.82, 2.24) is 15.1 Å². The maximum atomic E-state index is 4.65. The first-order valence-corrected chi connectivity index (χ1v) is 8.12. The Kier molecular flexibility index (Phi) is 4.39. The van der Waals surface area contributed by atoms with Crippen LogP contribution in [-0.2, 0) is 6.54 Å². The smallest absolute Gasteiger partial charge is 0.0766 e. The third-order valence-electron chi connectivity index (χ3n) is 4.89. The molecular formula is C18H25N3. The van der Waals surface area contributed by atoms with Gasteiger partial charge in [-0.3, -0.25) is 0 Å². The summed E-state index contributed by atoms with van der Waals surface area (Å²) in [4.78, 5) is 0. The molecule has 0 saturated heterocycles. The van der Waals surface area contributed by atoms with Crippen LogP contribution in [0.2, 0.25) is 0 Å². The third-order valence-corrected chi connectivity index (χ3v) is 4.89. The summed E-state index contributed by atoms with van der Waals surface area (Å²) in [5.41, 5.74) is 2.77. The Balaban J connectivity index is 1.56. The number of nitrogens with one attached hydrogen (secondary N) is 1. The number of hydrogen-bond acceptors (Lipinski definition) is 2. The molecule has 3 nitrogen and oxygen atoms in total. The predicted molar refractivity (Wildman–Crippen MR) is 86.5 cm³/mol. The van der Waals surface area contributed by atoms with Crippen LogP contribution in [0.25, 0.3) is 5.69 Å². The first-order valence-electron chi connectivity index (χ1n) is 8.12. The van der Waals surface area contributed by atoms with Crippen molar-refractivity contribution in [3.8, 4) is 5.69 Å². The Hall–Kier alpha value is -1.61. The molecule has 1 saturated carbocycles. The summed E-state index contributed by atoms with van der Waals surface area (Å²) in [5.74, 6) is 0. The highest BCUT2D eigenvalue weighted by molar-refractivity contribution is 5.30. The minimum absolute atomic E-state index is 0.544. The van der Waals surface area contributed by atoms with Gasteiger partial charge < -0.3 is 5.32 Å². The Bertz CT molecular complexity index is 553. The molecule has 1 aromatic carbocycles. The summed E-state index contributed by atoms with van der Waals surface area (Å²) in [7, 11) is 0. The highest BCUT2D eigenvalue weighted by atomic mass is 15.3. The molecule has 2 aromatic rings. The predicted octanol–water partition coefficient (Wildman–Crippen LogP) is 3.93. The van der Waals surface area contributed by atoms with Gasteiger partial charge in [0.25, 0.3) is 0 Å². The molecule has 112 valence electrons. The Labute approximate surface area is 127 Å². The molecule has 0 aliphatic heterocycles. The molecule has 0 spiro atoms. The molecule has 0 amide bonds. The lowest BCUT2D eigenvalue weighted by atomic mass is 9.83. The van der Waals surface area contributed by atoms with Gasteiger partial charge in [-0.15, -0.1) is 0 Å². The normalized spacial score (nSPS) is 17.2. The number of rotatable bonds is 6. The van der Waals surface area contributed by atoms with E-state index >= 15 is 0 Å². The monoisotopic (exact) mass is 283 g/mol. The molecule has 3 heteroatoms. The first-order chi connectivity index (χ1) is 10.3. The zero-order valence-electron chi connectivity index (χ0n) is 12.9. The first kappa shape index (κ1) is 14.3. The van der Waals surface area contributed by atoms with Crippen LogP contribution in [0.1, 0.15) is 44.7 Å². The Morgan fingerprint density at radius 3 is 2.62 bits per heavy atom. The van der Waals surface area contributed by atoms with Gasteiger partial charge in [0.1, 0.15) is 0 Å². The fraction of sp³-hybridized carbons (Fsp3) is 0.500. The average Bonchev–Trinajstić information content (AvgIpc) is 3.18. The quantitative estimate of drug-likeness (QED) is 0.870. The van der Waals surface area contributed by atoms with E-state index in [4.69, 9.17) is 0 Å². The van der Waals surface area contributed by atoms with Crippen molar-refractivity contribution in [2.45, 2.75) is 45.6 Å². The van der Waals surface area contributed by atoms with Gasteiger partial charge in [-0.05, 0) is 42.9 Å². The maximum Gasteiger partial charge on any atom is 0.0766 e. The van der Waals surface area contributed by atoms with Gasteiger partial charge in [0, 0.05) is 19.3 Å². The minimum atomic E-state index is 0.544. The molecular weight excluding hydrogens is 258 g/mol. The summed E-state index contributed by atoms with van der Waals surface area (Å²) >= 11 is 0. The van der Waals surface area contributed by atoms with Gasteiger partial charge in [0.15, 0.2) is 0 Å². The highest BCUT2D eigenvalue weighted by Crippen LogP contribution is 2.40. The molecule has 1 N–H and O–H groups in total. The average molecular weight is 283 g/mol. The molecule has 0 bridgehead atoms. The van der Waals surface area contributed by atoms with E-state index in [0.717, 1.165) is 24.5 Å². The van der Waals surface area contributed by atoms with E-state index in [1.165, 1.54) is 32.1 Å². The second-order valence-electron chi connectivity index (χ2n) is 6.25. The van der Waals surface area contributed by atoms with Crippen molar-refractivity contribution in [2.75, 3.05) is 6.54 Å². The minimum Gasteiger partial charge on any atom is -0.311 e. The van der Waals surface area contributed by atoms with Crippen LogP contribution in [0.15, 0.2) is 42.6 Å². The van der Waals surface area contributed by atoms with Crippen LogP contribution in [0.4, 0.5) is 0 Å². The summed E-state index contributed by atoms with van der Waals surface area (Å²) < 4.78 is 1.95. The Morgan fingerprint density at radius 2 is 1.90 bits per heavy atom. The molecule has 0 radical (unpaired) electrons. The second kappa shape index (κ2) is 6.44. The highest BCUT2D eigenvalue weighted by Gasteiger charge is 2.31. The van der Waals surface area contributed by atoms with Gasteiger partial charge in [0.2, 0.25) is 0 Å². The molecule has 1 aliphatic rings. The number of para-hydroxylation sites is 1. The van der Waals surface area contributed by atoms with E-state index in [0.29, 0.717) is 5.41 Å². The number of benzene rings is 1. The summed E-state index contributed by atoms with van der Waals surface area (Å²) in [5, 5.41) is 8.27. The van der Waals surface area contributed by atoms with Crippen molar-refractivity contribution in [3.63, 3.8) is 0 Å². The molecule has 1 heterocycles. The fourth-order valence-electron chi connectivity index (χ4n) is 3.42. The number of nitrogens with zero attached hydrogens (tertiary/aromatic N) is 2. The zero-order valence-corrected chi connectivity index (χ0v) is 12.9. The lowest BCUT2D eigenvalue weighted by Crippen LogP contribution is -2.31. The fourth-order valence-corrected chi connectivity index (χ4v) is 3.42. The van der Waals surface area contributed by atoms with E-state index in [1.807, 2.05) is 29.1 Å². The van der Waals surface area contributed by atoms with Crippen molar-refractivity contribution in [3.05, 3.63) is 48.3 Å². The Morgan fingerprint density at radius 1 is 1.14 bits per heavy atom. The lowest BCUT2D eigenvalue weighted by Gasteiger charge is -2.27. The largest absolute Gasteiger partial charge is 0.311 e. The molecule has 1 fully saturated rings. The lowest BCUT2D eigenvalue weighted by molar-refractivity contribution is 0.267. The van der Waals surface area contributed by atoms with E-state index in [-0.39, 0.29) is 0 Å². The summed E-state index contributed by atoms with van der Waals surface area (Å²) in [6.07, 6.45) is 8.90. The van der Waals surface area contributed by atoms with Crippen molar-refractivity contribution in [1.29, 1.82) is 0 Å². The molecule has 1 aromatic heterocycles. The number of hydrogen-bond donors (Lipinski definition) is 1. The van der Waals surface area contributed by atoms with Crippen LogP contribution in [-0.4, -0.2) is 16.3 Å². The van der Waals surface area contributed by atoms with Crippen LogP contribution in [0.3, 0.4) is 0 Å². The van der Waals surface area contributed by atoms with Gasteiger partial charge in [0.05, 0.1) is 11.4 Å². The van der Waals surface area contributed by atoms with Crippen LogP contribution < -0.4 is 5.32 Å². The van der Waals surface area contributed by atoms with Crippen LogP contribution in [0, 0.1) is 5.41 Å². The topological polar surface area (TPSA) is 29.9 Å². The van der Waals surface area contributed by atoms with Gasteiger partial charge in [-0.2, -0.15) is 5.10 Å². The summed E-state index contributed by atoms with van der Waals surface area (Å²) in [6.45, 7) is 4.32. The zero-order chi connectivity index (χ0) is 14.5. The standard InChI is InChI=1S/C18H25N3/c1-2-18(11-6-7-12-18)15-19-14-16-10-13-21(20-16)17-8-4-3-5-9-17/h3-5,8-10,13,19H,2,6-7,11-12,14-15H2,1H3. The number of aromatic nitrogens is 2. The van der Waals surface area contributed by atoms with Gasteiger partial charge in [-0.25, -0.2) is 4.68 Å². The van der Waals surface area contributed by atoms with Crippen molar-refractivity contribution >= 4 is 0 Å². The van der Waals surface area contributed by atoms with E-state index < -0.39 is 0 Å². The molecule has 21 heavy (non-hydrogen) atoms. The van der Waals surface area contributed by atoms with Gasteiger partial charge >= 0.3 is 0 Å². The molecule has 0 unspecified atom stereocenters. The van der Waals surface area contributed by atoms with E-state index in [1.54, 1.807) is 0 Å². The summed E-state index contributed by atoms with van der Waals surface area (Å²) in [6, 6.07) is 12.4. The van der Waals surface area contributed by atoms with Crippen molar-refractivity contribution in [2.24, 2.45) is 5.41 Å². The van der Waals surface area contributed by atoms with E-state index in [2.05, 4.69) is 35.5 Å². The van der Waals surface area contributed by atoms with E-state index in [9.17, 15) is 0 Å². The molecule has 1 aliphatic carbocycles. The maximum absolute atomic E-state index is 4.65. The molecule has 3 rings (SSSR count). The second-order valence-corrected chi connectivity index (χ2v) is 6.25. The molecule has 0 atom stereocenters. The van der Waals surface area contributed by atoms with Gasteiger partial charge in [-0.1, -0.05) is 38.0 Å². The SMILES string of the molecule is CCC1(CNCc2ccn(-c3ccccc3)n2)CCCC1. The van der Waals surface area contributed by atoms with Crippen LogP contribution >= 0.6 is 0 Å². The van der Waals surface area contributed by atoms with Crippen LogP contribution in [0.5, 0.6) is 0 Å². The third kappa shape index (κ3) is 3.35. The van der Waals surface area contributed by atoms with Crippen molar-refractivity contribution < 1.29 is 0 Å².